The monoisotopic (exact) mass is 245 g/mol. The Kier molecular flexibility index (Phi) is 8.40. The first-order valence-corrected chi connectivity index (χ1v) is 6.01. The maximum atomic E-state index is 11.3. The maximum absolute atomic E-state index is 11.3. The van der Waals surface area contributed by atoms with Gasteiger partial charge >= 0.3 is 5.97 Å². The fourth-order valence-corrected chi connectivity index (χ4v) is 1.66. The van der Waals surface area contributed by atoms with Crippen molar-refractivity contribution in [3.05, 3.63) is 0 Å². The molecule has 0 spiro atoms. The van der Waals surface area contributed by atoms with Crippen molar-refractivity contribution in [1.82, 2.24) is 5.32 Å². The van der Waals surface area contributed by atoms with E-state index in [1.54, 1.807) is 0 Å². The first kappa shape index (κ1) is 15.9. The maximum Gasteiger partial charge on any atom is 0.303 e. The standard InChI is InChI=1S/C12H23NO4/c1-4-17-8-11(14)13-7-10(5-9(2)3)6-12(15)16/h9-10H,4-8H2,1-3H3,(H,13,14)(H,15,16). The summed E-state index contributed by atoms with van der Waals surface area (Å²) >= 11 is 0. The third-order valence-electron chi connectivity index (χ3n) is 2.29. The molecule has 5 heteroatoms. The Morgan fingerprint density at radius 1 is 1.35 bits per heavy atom. The Bertz CT molecular complexity index is 241. The zero-order valence-electron chi connectivity index (χ0n) is 10.9. The first-order chi connectivity index (χ1) is 7.95. The number of rotatable bonds is 9. The van der Waals surface area contributed by atoms with E-state index in [1.807, 2.05) is 20.8 Å². The number of amides is 1. The number of carboxylic acids is 1. The molecule has 0 heterocycles. The highest BCUT2D eigenvalue weighted by Crippen LogP contribution is 2.14. The lowest BCUT2D eigenvalue weighted by atomic mass is 9.94. The predicted octanol–water partition coefficient (Wildman–Crippen LogP) is 1.28. The van der Waals surface area contributed by atoms with E-state index < -0.39 is 5.97 Å². The lowest BCUT2D eigenvalue weighted by Crippen LogP contribution is -2.33. The number of carbonyl (C=O) groups is 2. The second-order valence-corrected chi connectivity index (χ2v) is 4.53. The number of hydrogen-bond acceptors (Lipinski definition) is 3. The van der Waals surface area contributed by atoms with Gasteiger partial charge in [0.1, 0.15) is 6.61 Å². The molecular formula is C12H23NO4. The van der Waals surface area contributed by atoms with Crippen molar-refractivity contribution in [2.75, 3.05) is 19.8 Å². The van der Waals surface area contributed by atoms with Crippen LogP contribution in [0.2, 0.25) is 0 Å². The van der Waals surface area contributed by atoms with Gasteiger partial charge in [0.15, 0.2) is 0 Å². The smallest absolute Gasteiger partial charge is 0.303 e. The SMILES string of the molecule is CCOCC(=O)NCC(CC(=O)O)CC(C)C. The number of hydrogen-bond donors (Lipinski definition) is 2. The second kappa shape index (κ2) is 8.98. The Morgan fingerprint density at radius 2 is 2.00 bits per heavy atom. The molecule has 0 saturated carbocycles. The molecule has 5 nitrogen and oxygen atoms in total. The summed E-state index contributed by atoms with van der Waals surface area (Å²) in [5.41, 5.74) is 0. The van der Waals surface area contributed by atoms with Gasteiger partial charge in [-0.1, -0.05) is 13.8 Å². The molecule has 0 fully saturated rings. The molecule has 0 radical (unpaired) electrons. The van der Waals surface area contributed by atoms with Crippen LogP contribution in [-0.2, 0) is 14.3 Å². The molecule has 0 saturated heterocycles. The van der Waals surface area contributed by atoms with Crippen LogP contribution in [-0.4, -0.2) is 36.7 Å². The Morgan fingerprint density at radius 3 is 2.47 bits per heavy atom. The largest absolute Gasteiger partial charge is 0.481 e. The van der Waals surface area contributed by atoms with E-state index in [2.05, 4.69) is 5.32 Å². The Hall–Kier alpha value is -1.10. The van der Waals surface area contributed by atoms with Gasteiger partial charge < -0.3 is 15.2 Å². The molecule has 1 atom stereocenters. The molecule has 1 unspecified atom stereocenters. The minimum absolute atomic E-state index is 0.0157. The van der Waals surface area contributed by atoms with Crippen LogP contribution in [0.15, 0.2) is 0 Å². The highest BCUT2D eigenvalue weighted by atomic mass is 16.5. The zero-order chi connectivity index (χ0) is 13.3. The van der Waals surface area contributed by atoms with Gasteiger partial charge in [-0.3, -0.25) is 9.59 Å². The van der Waals surface area contributed by atoms with Gasteiger partial charge in [0, 0.05) is 19.6 Å². The van der Waals surface area contributed by atoms with E-state index in [0.29, 0.717) is 19.1 Å². The molecule has 17 heavy (non-hydrogen) atoms. The van der Waals surface area contributed by atoms with Crippen molar-refractivity contribution in [3.8, 4) is 0 Å². The molecule has 0 aromatic heterocycles. The lowest BCUT2D eigenvalue weighted by molar-refractivity contribution is -0.138. The fraction of sp³-hybridized carbons (Fsp3) is 0.833. The Balaban J connectivity index is 3.97. The highest BCUT2D eigenvalue weighted by Gasteiger charge is 2.15. The van der Waals surface area contributed by atoms with E-state index >= 15 is 0 Å². The predicted molar refractivity (Wildman–Crippen MR) is 64.7 cm³/mol. The summed E-state index contributed by atoms with van der Waals surface area (Å²) in [6.07, 6.45) is 0.883. The molecule has 0 aliphatic carbocycles. The highest BCUT2D eigenvalue weighted by molar-refractivity contribution is 5.77. The van der Waals surface area contributed by atoms with Crippen molar-refractivity contribution in [1.29, 1.82) is 0 Å². The van der Waals surface area contributed by atoms with Crippen LogP contribution in [0.4, 0.5) is 0 Å². The third kappa shape index (κ3) is 9.81. The van der Waals surface area contributed by atoms with Crippen molar-refractivity contribution in [3.63, 3.8) is 0 Å². The minimum Gasteiger partial charge on any atom is -0.481 e. The summed E-state index contributed by atoms with van der Waals surface area (Å²) in [5.74, 6) is -0.609. The summed E-state index contributed by atoms with van der Waals surface area (Å²) in [5, 5.41) is 11.5. The van der Waals surface area contributed by atoms with Crippen LogP contribution in [0.25, 0.3) is 0 Å². The van der Waals surface area contributed by atoms with Gasteiger partial charge in [-0.2, -0.15) is 0 Å². The topological polar surface area (TPSA) is 75.6 Å². The van der Waals surface area contributed by atoms with Crippen molar-refractivity contribution < 1.29 is 19.4 Å². The molecule has 0 aliphatic heterocycles. The minimum atomic E-state index is -0.824. The van der Waals surface area contributed by atoms with Crippen LogP contribution in [0.3, 0.4) is 0 Å². The second-order valence-electron chi connectivity index (χ2n) is 4.53. The van der Waals surface area contributed by atoms with Crippen LogP contribution in [0, 0.1) is 11.8 Å². The average Bonchev–Trinajstić information content (AvgIpc) is 2.21. The molecule has 0 rings (SSSR count). The average molecular weight is 245 g/mol. The first-order valence-electron chi connectivity index (χ1n) is 6.01. The number of aliphatic carboxylic acids is 1. The molecular weight excluding hydrogens is 222 g/mol. The normalized spacial score (nSPS) is 12.5. The lowest BCUT2D eigenvalue weighted by Gasteiger charge is -2.17. The van der Waals surface area contributed by atoms with Gasteiger partial charge in [0.05, 0.1) is 0 Å². The summed E-state index contributed by atoms with van der Waals surface area (Å²) < 4.78 is 4.96. The Labute approximate surface area is 103 Å². The van der Waals surface area contributed by atoms with Gasteiger partial charge in [-0.25, -0.2) is 0 Å². The molecule has 0 bridgehead atoms. The molecule has 0 aromatic rings. The number of nitrogens with one attached hydrogen (secondary N) is 1. The van der Waals surface area contributed by atoms with E-state index in [1.165, 1.54) is 0 Å². The van der Waals surface area contributed by atoms with Gasteiger partial charge in [0.2, 0.25) is 5.91 Å². The van der Waals surface area contributed by atoms with Crippen molar-refractivity contribution >= 4 is 11.9 Å². The summed E-state index contributed by atoms with van der Waals surface area (Å²) in [6.45, 7) is 6.83. The molecule has 2 N–H and O–H groups in total. The summed E-state index contributed by atoms with van der Waals surface area (Å²) in [7, 11) is 0. The van der Waals surface area contributed by atoms with Gasteiger partial charge in [-0.15, -0.1) is 0 Å². The van der Waals surface area contributed by atoms with Gasteiger partial charge in [0.25, 0.3) is 0 Å². The van der Waals surface area contributed by atoms with E-state index in [4.69, 9.17) is 9.84 Å². The molecule has 0 aliphatic rings. The van der Waals surface area contributed by atoms with E-state index in [9.17, 15) is 9.59 Å². The van der Waals surface area contributed by atoms with Crippen LogP contribution < -0.4 is 5.32 Å². The third-order valence-corrected chi connectivity index (χ3v) is 2.29. The van der Waals surface area contributed by atoms with Crippen LogP contribution in [0.5, 0.6) is 0 Å². The van der Waals surface area contributed by atoms with Crippen LogP contribution >= 0.6 is 0 Å². The van der Waals surface area contributed by atoms with E-state index in [0.717, 1.165) is 6.42 Å². The number of carbonyl (C=O) groups excluding carboxylic acids is 1. The van der Waals surface area contributed by atoms with E-state index in [-0.39, 0.29) is 24.9 Å². The number of ether oxygens (including phenoxy) is 1. The van der Waals surface area contributed by atoms with Gasteiger partial charge in [-0.05, 0) is 25.2 Å². The summed E-state index contributed by atoms with van der Waals surface area (Å²) in [6, 6.07) is 0. The molecule has 0 aromatic carbocycles. The molecule has 100 valence electrons. The summed E-state index contributed by atoms with van der Waals surface area (Å²) in [4.78, 5) is 22.0. The zero-order valence-corrected chi connectivity index (χ0v) is 10.9. The quantitative estimate of drug-likeness (QED) is 0.641. The van der Waals surface area contributed by atoms with Crippen LogP contribution in [0.1, 0.15) is 33.6 Å². The molecule has 1 amide bonds. The van der Waals surface area contributed by atoms with Crippen molar-refractivity contribution in [2.24, 2.45) is 11.8 Å². The van der Waals surface area contributed by atoms with Crippen molar-refractivity contribution in [2.45, 2.75) is 33.6 Å². The number of carboxylic acid groups (broad SMARTS) is 1. The fourth-order valence-electron chi connectivity index (χ4n) is 1.66.